The molecule has 8 heteroatoms. The fourth-order valence-electron chi connectivity index (χ4n) is 3.04. The van der Waals surface area contributed by atoms with Crippen LogP contribution >= 0.6 is 11.3 Å². The fourth-order valence-corrected chi connectivity index (χ4v) is 3.87. The van der Waals surface area contributed by atoms with Gasteiger partial charge in [-0.1, -0.05) is 24.0 Å². The van der Waals surface area contributed by atoms with Gasteiger partial charge in [-0.25, -0.2) is 9.97 Å². The minimum atomic E-state index is -1.66. The Kier molecular flexibility index (Phi) is 4.34. The minimum absolute atomic E-state index is 0.181. The number of amides is 2. The van der Waals surface area contributed by atoms with Crippen LogP contribution in [0.5, 0.6) is 0 Å². The summed E-state index contributed by atoms with van der Waals surface area (Å²) in [5.41, 5.74) is 5.89. The molecule has 1 fully saturated rings. The van der Waals surface area contributed by atoms with E-state index >= 15 is 0 Å². The molecule has 1 aliphatic heterocycles. The molecule has 3 heterocycles. The summed E-state index contributed by atoms with van der Waals surface area (Å²) in [5.74, 6) is 4.91. The van der Waals surface area contributed by atoms with Crippen LogP contribution in [0.3, 0.4) is 0 Å². The normalized spacial score (nSPS) is 18.9. The van der Waals surface area contributed by atoms with Crippen LogP contribution < -0.4 is 5.73 Å². The number of nitrogens with zero attached hydrogens (tertiary/aromatic N) is 3. The second-order valence-corrected chi connectivity index (χ2v) is 7.48. The van der Waals surface area contributed by atoms with Crippen LogP contribution in [-0.4, -0.2) is 51.0 Å². The Morgan fingerprint density at radius 1 is 1.36 bits per heavy atom. The topological polar surface area (TPSA) is 109 Å². The van der Waals surface area contributed by atoms with Crippen molar-refractivity contribution in [2.24, 2.45) is 5.73 Å². The summed E-state index contributed by atoms with van der Waals surface area (Å²) in [6.07, 6.45) is 0.273. The van der Waals surface area contributed by atoms with Gasteiger partial charge in [0.25, 0.3) is 11.8 Å². The third kappa shape index (κ3) is 3.11. The number of hydrogen-bond donors (Lipinski definition) is 2. The first-order valence-electron chi connectivity index (χ1n) is 8.54. The van der Waals surface area contributed by atoms with Crippen LogP contribution in [-0.2, 0) is 4.79 Å². The lowest BCUT2D eigenvalue weighted by molar-refractivity contribution is -0.137. The molecule has 1 unspecified atom stereocenters. The maximum absolute atomic E-state index is 12.0. The van der Waals surface area contributed by atoms with Gasteiger partial charge in [-0.05, 0) is 23.6 Å². The van der Waals surface area contributed by atoms with Crippen LogP contribution in [0.25, 0.3) is 21.6 Å². The van der Waals surface area contributed by atoms with E-state index in [0.717, 1.165) is 0 Å². The van der Waals surface area contributed by atoms with Gasteiger partial charge in [0.15, 0.2) is 5.82 Å². The van der Waals surface area contributed by atoms with Gasteiger partial charge in [0.1, 0.15) is 5.69 Å². The van der Waals surface area contributed by atoms with Gasteiger partial charge in [0.05, 0.1) is 10.2 Å². The Morgan fingerprint density at radius 2 is 2.18 bits per heavy atom. The van der Waals surface area contributed by atoms with Gasteiger partial charge in [0.2, 0.25) is 5.60 Å². The van der Waals surface area contributed by atoms with Crippen LogP contribution in [0.15, 0.2) is 35.7 Å². The number of aromatic nitrogens is 2. The standard InChI is InChI=1S/C20H16N4O3S/c1-24-9-8-20(27,19(24)26)7-5-12-3-2-4-13(11-12)18-22-14-6-10-28-16(14)15(23-18)17(21)25/h2-4,6,10-11,27H,8-9H2,1H3,(H2,21,25). The predicted octanol–water partition coefficient (Wildman–Crippen LogP) is 1.40. The van der Waals surface area contributed by atoms with E-state index in [-0.39, 0.29) is 12.1 Å². The molecule has 1 aromatic carbocycles. The van der Waals surface area contributed by atoms with Crippen molar-refractivity contribution in [3.05, 3.63) is 47.0 Å². The summed E-state index contributed by atoms with van der Waals surface area (Å²) >= 11 is 1.36. The molecular weight excluding hydrogens is 376 g/mol. The summed E-state index contributed by atoms with van der Waals surface area (Å²) < 4.78 is 0.651. The number of carbonyl (C=O) groups excluding carboxylic acids is 2. The molecule has 28 heavy (non-hydrogen) atoms. The molecule has 0 radical (unpaired) electrons. The van der Waals surface area contributed by atoms with Gasteiger partial charge >= 0.3 is 0 Å². The monoisotopic (exact) mass is 392 g/mol. The third-order valence-electron chi connectivity index (χ3n) is 4.58. The predicted molar refractivity (Wildman–Crippen MR) is 105 cm³/mol. The highest BCUT2D eigenvalue weighted by Gasteiger charge is 2.42. The molecule has 4 rings (SSSR count). The number of benzene rings is 1. The van der Waals surface area contributed by atoms with Crippen LogP contribution in [0.2, 0.25) is 0 Å². The first-order valence-corrected chi connectivity index (χ1v) is 9.42. The van der Waals surface area contributed by atoms with Gasteiger partial charge in [0, 0.05) is 31.1 Å². The minimum Gasteiger partial charge on any atom is -0.369 e. The second kappa shape index (κ2) is 6.71. The largest absolute Gasteiger partial charge is 0.369 e. The van der Waals surface area contributed by atoms with E-state index in [1.807, 2.05) is 5.38 Å². The van der Waals surface area contributed by atoms with Crippen LogP contribution in [0.1, 0.15) is 22.5 Å². The van der Waals surface area contributed by atoms with E-state index in [1.165, 1.54) is 16.2 Å². The summed E-state index contributed by atoms with van der Waals surface area (Å²) in [5, 5.41) is 12.3. The maximum atomic E-state index is 12.0. The summed E-state index contributed by atoms with van der Waals surface area (Å²) in [6.45, 7) is 0.467. The summed E-state index contributed by atoms with van der Waals surface area (Å²) in [6, 6.07) is 8.89. The molecule has 0 bridgehead atoms. The fraction of sp³-hybridized carbons (Fsp3) is 0.200. The van der Waals surface area contributed by atoms with E-state index in [1.54, 1.807) is 37.4 Å². The lowest BCUT2D eigenvalue weighted by atomic mass is 10.0. The van der Waals surface area contributed by atoms with Crippen molar-refractivity contribution in [2.75, 3.05) is 13.6 Å². The third-order valence-corrected chi connectivity index (χ3v) is 5.49. The first-order chi connectivity index (χ1) is 13.4. The molecule has 140 valence electrons. The van der Waals surface area contributed by atoms with Crippen LogP contribution in [0.4, 0.5) is 0 Å². The maximum Gasteiger partial charge on any atom is 0.268 e. The lowest BCUT2D eigenvalue weighted by Gasteiger charge is -2.13. The molecule has 3 aromatic rings. The molecule has 1 atom stereocenters. The number of rotatable bonds is 2. The van der Waals surface area contributed by atoms with Gasteiger partial charge in [-0.15, -0.1) is 11.3 Å². The molecule has 7 nitrogen and oxygen atoms in total. The van der Waals surface area contributed by atoms with Crippen molar-refractivity contribution in [1.82, 2.24) is 14.9 Å². The van der Waals surface area contributed by atoms with Crippen molar-refractivity contribution in [3.63, 3.8) is 0 Å². The zero-order chi connectivity index (χ0) is 19.9. The quantitative estimate of drug-likeness (QED) is 0.641. The van der Waals surface area contributed by atoms with Crippen molar-refractivity contribution in [1.29, 1.82) is 0 Å². The highest BCUT2D eigenvalue weighted by molar-refractivity contribution is 7.17. The Balaban J connectivity index is 1.73. The van der Waals surface area contributed by atoms with E-state index in [0.29, 0.717) is 33.7 Å². The number of primary amides is 1. The average Bonchev–Trinajstić information content (AvgIpc) is 3.26. The molecule has 0 aliphatic carbocycles. The highest BCUT2D eigenvalue weighted by Crippen LogP contribution is 2.26. The molecular formula is C20H16N4O3S. The van der Waals surface area contributed by atoms with Crippen molar-refractivity contribution in [2.45, 2.75) is 12.0 Å². The summed E-state index contributed by atoms with van der Waals surface area (Å²) in [7, 11) is 1.64. The van der Waals surface area contributed by atoms with Crippen molar-refractivity contribution >= 4 is 33.4 Å². The van der Waals surface area contributed by atoms with Crippen molar-refractivity contribution < 1.29 is 14.7 Å². The number of carbonyl (C=O) groups is 2. The first kappa shape index (κ1) is 18.1. The van der Waals surface area contributed by atoms with E-state index in [9.17, 15) is 14.7 Å². The van der Waals surface area contributed by atoms with E-state index < -0.39 is 17.4 Å². The van der Waals surface area contributed by atoms with Crippen molar-refractivity contribution in [3.8, 4) is 23.2 Å². The smallest absolute Gasteiger partial charge is 0.268 e. The molecule has 1 aliphatic rings. The highest BCUT2D eigenvalue weighted by atomic mass is 32.1. The Labute approximate surface area is 164 Å². The SMILES string of the molecule is CN1CCC(O)(C#Cc2cccc(-c3nc(C(N)=O)c4sccc4n3)c2)C1=O. The second-order valence-electron chi connectivity index (χ2n) is 6.56. The average molecular weight is 392 g/mol. The van der Waals surface area contributed by atoms with Gasteiger partial charge in [-0.2, -0.15) is 0 Å². The Morgan fingerprint density at radius 3 is 2.89 bits per heavy atom. The lowest BCUT2D eigenvalue weighted by Crippen LogP contribution is -2.37. The summed E-state index contributed by atoms with van der Waals surface area (Å²) in [4.78, 5) is 34.1. The number of fused-ring (bicyclic) bond motifs is 1. The molecule has 3 N–H and O–H groups in total. The Bertz CT molecular complexity index is 1180. The van der Waals surface area contributed by atoms with Gasteiger partial charge < -0.3 is 15.7 Å². The number of likely N-dealkylation sites (tertiary alicyclic amines) is 1. The molecule has 1 saturated heterocycles. The molecule has 2 amide bonds. The number of thiophene rings is 1. The number of aliphatic hydroxyl groups is 1. The molecule has 0 saturated carbocycles. The van der Waals surface area contributed by atoms with E-state index in [4.69, 9.17) is 5.73 Å². The van der Waals surface area contributed by atoms with E-state index in [2.05, 4.69) is 21.8 Å². The number of nitrogens with two attached hydrogens (primary N) is 1. The molecule has 2 aromatic heterocycles. The number of likely N-dealkylation sites (N-methyl/N-ethyl adjacent to an activating group) is 1. The van der Waals surface area contributed by atoms with Gasteiger partial charge in [-0.3, -0.25) is 9.59 Å². The van der Waals surface area contributed by atoms with Crippen LogP contribution in [0, 0.1) is 11.8 Å². The zero-order valence-corrected chi connectivity index (χ0v) is 15.8. The number of hydrogen-bond acceptors (Lipinski definition) is 6. The zero-order valence-electron chi connectivity index (χ0n) is 15.0. The Hall–Kier alpha value is -3.28. The molecule has 0 spiro atoms.